The van der Waals surface area contributed by atoms with Crippen LogP contribution in [-0.2, 0) is 0 Å². The monoisotopic (exact) mass is 234 g/mol. The molecule has 0 saturated heterocycles. The predicted molar refractivity (Wildman–Crippen MR) is 70.7 cm³/mol. The average molecular weight is 234 g/mol. The van der Waals surface area contributed by atoms with Crippen LogP contribution in [0.5, 0.6) is 5.75 Å². The van der Waals surface area contributed by atoms with E-state index >= 15 is 0 Å². The zero-order chi connectivity index (χ0) is 12.7. The van der Waals surface area contributed by atoms with Gasteiger partial charge in [0.05, 0.1) is 6.10 Å². The molecule has 0 bridgehead atoms. The summed E-state index contributed by atoms with van der Waals surface area (Å²) in [6, 6.07) is 7.48. The number of rotatable bonds is 7. The van der Waals surface area contributed by atoms with Crippen LogP contribution in [0.3, 0.4) is 0 Å². The van der Waals surface area contributed by atoms with Gasteiger partial charge in [0.2, 0.25) is 0 Å². The third-order valence-corrected chi connectivity index (χ3v) is 2.54. The molecule has 0 N–H and O–H groups in total. The molecule has 1 rings (SSSR count). The molecular weight excluding hydrogens is 212 g/mol. The third kappa shape index (κ3) is 5.03. The average Bonchev–Trinajstić information content (AvgIpc) is 2.28. The molecular formula is C15H22O2. The summed E-state index contributed by atoms with van der Waals surface area (Å²) >= 11 is 0. The Hall–Kier alpha value is -1.31. The highest BCUT2D eigenvalue weighted by Gasteiger charge is 2.07. The minimum Gasteiger partial charge on any atom is -0.491 e. The molecule has 1 aromatic rings. The van der Waals surface area contributed by atoms with Crippen molar-refractivity contribution in [3.05, 3.63) is 29.8 Å². The van der Waals surface area contributed by atoms with Crippen molar-refractivity contribution < 1.29 is 9.53 Å². The molecule has 0 aliphatic carbocycles. The lowest BCUT2D eigenvalue weighted by Crippen LogP contribution is -2.06. The van der Waals surface area contributed by atoms with Crippen LogP contribution in [0.25, 0.3) is 0 Å². The Bertz CT molecular complexity index is 356. The Balaban J connectivity index is 2.60. The van der Waals surface area contributed by atoms with Gasteiger partial charge >= 0.3 is 0 Å². The summed E-state index contributed by atoms with van der Waals surface area (Å²) in [5, 5.41) is 0. The van der Waals surface area contributed by atoms with Crippen LogP contribution in [0.4, 0.5) is 0 Å². The van der Waals surface area contributed by atoms with Gasteiger partial charge in [-0.25, -0.2) is 0 Å². The quantitative estimate of drug-likeness (QED) is 0.521. The van der Waals surface area contributed by atoms with Crippen molar-refractivity contribution in [1.29, 1.82) is 0 Å². The Morgan fingerprint density at radius 1 is 1.29 bits per heavy atom. The van der Waals surface area contributed by atoms with Crippen LogP contribution in [0, 0.1) is 0 Å². The van der Waals surface area contributed by atoms with Gasteiger partial charge < -0.3 is 4.74 Å². The maximum atomic E-state index is 11.9. The van der Waals surface area contributed by atoms with Gasteiger partial charge in [-0.2, -0.15) is 0 Å². The molecule has 0 saturated carbocycles. The van der Waals surface area contributed by atoms with E-state index in [9.17, 15) is 4.79 Å². The van der Waals surface area contributed by atoms with Crippen molar-refractivity contribution in [2.24, 2.45) is 0 Å². The van der Waals surface area contributed by atoms with Crippen LogP contribution < -0.4 is 4.74 Å². The number of hydrogen-bond acceptors (Lipinski definition) is 2. The van der Waals surface area contributed by atoms with E-state index in [0.29, 0.717) is 6.42 Å². The van der Waals surface area contributed by atoms with Crippen LogP contribution in [0.1, 0.15) is 56.8 Å². The fourth-order valence-corrected chi connectivity index (χ4v) is 1.69. The summed E-state index contributed by atoms with van der Waals surface area (Å²) in [7, 11) is 0. The van der Waals surface area contributed by atoms with E-state index in [1.165, 1.54) is 0 Å². The van der Waals surface area contributed by atoms with Crippen molar-refractivity contribution in [2.45, 2.75) is 52.6 Å². The van der Waals surface area contributed by atoms with Crippen molar-refractivity contribution in [2.75, 3.05) is 0 Å². The molecule has 2 heteroatoms. The van der Waals surface area contributed by atoms with Crippen LogP contribution in [0.2, 0.25) is 0 Å². The molecule has 0 spiro atoms. The van der Waals surface area contributed by atoms with Gasteiger partial charge in [-0.15, -0.1) is 0 Å². The van der Waals surface area contributed by atoms with Gasteiger partial charge in [0, 0.05) is 12.0 Å². The van der Waals surface area contributed by atoms with E-state index < -0.39 is 0 Å². The molecule has 0 aliphatic rings. The highest BCUT2D eigenvalue weighted by atomic mass is 16.5. The summed E-state index contributed by atoms with van der Waals surface area (Å²) in [6.45, 7) is 6.10. The molecule has 1 aromatic carbocycles. The van der Waals surface area contributed by atoms with Crippen molar-refractivity contribution in [3.63, 3.8) is 0 Å². The summed E-state index contributed by atoms with van der Waals surface area (Å²) in [4.78, 5) is 11.9. The van der Waals surface area contributed by atoms with E-state index in [-0.39, 0.29) is 11.9 Å². The lowest BCUT2D eigenvalue weighted by atomic mass is 10.0. The molecule has 0 heterocycles. The Kier molecular flexibility index (Phi) is 5.75. The smallest absolute Gasteiger partial charge is 0.163 e. The highest BCUT2D eigenvalue weighted by Crippen LogP contribution is 2.17. The molecule has 94 valence electrons. The molecule has 17 heavy (non-hydrogen) atoms. The first-order valence-corrected chi connectivity index (χ1v) is 6.43. The highest BCUT2D eigenvalue weighted by molar-refractivity contribution is 5.96. The lowest BCUT2D eigenvalue weighted by Gasteiger charge is -2.10. The molecule has 0 fully saturated rings. The number of carbonyl (C=O) groups excluding carboxylic acids is 1. The Morgan fingerprint density at radius 3 is 2.71 bits per heavy atom. The van der Waals surface area contributed by atoms with Crippen LogP contribution in [0.15, 0.2) is 24.3 Å². The molecule has 0 atom stereocenters. The number of ether oxygens (including phenoxy) is 1. The number of benzene rings is 1. The third-order valence-electron chi connectivity index (χ3n) is 2.54. The largest absolute Gasteiger partial charge is 0.491 e. The maximum Gasteiger partial charge on any atom is 0.163 e. The fraction of sp³-hybridized carbons (Fsp3) is 0.533. The molecule has 0 aromatic heterocycles. The van der Waals surface area contributed by atoms with Gasteiger partial charge in [-0.05, 0) is 32.4 Å². The fourth-order valence-electron chi connectivity index (χ4n) is 1.69. The number of carbonyl (C=O) groups is 1. The molecule has 0 aliphatic heterocycles. The standard InChI is InChI=1S/C15H22O2/c1-4-5-6-10-15(16)13-8-7-9-14(11-13)17-12(2)3/h7-9,11-12H,4-6,10H2,1-3H3. The second-order valence-corrected chi connectivity index (χ2v) is 4.57. The second kappa shape index (κ2) is 7.10. The molecule has 0 unspecified atom stereocenters. The maximum absolute atomic E-state index is 11.9. The van der Waals surface area contributed by atoms with Crippen LogP contribution in [-0.4, -0.2) is 11.9 Å². The first kappa shape index (κ1) is 13.8. The SMILES string of the molecule is CCCCCC(=O)c1cccc(OC(C)C)c1. The normalized spacial score (nSPS) is 10.6. The topological polar surface area (TPSA) is 26.3 Å². The zero-order valence-corrected chi connectivity index (χ0v) is 11.0. The van der Waals surface area contributed by atoms with Gasteiger partial charge in [0.15, 0.2) is 5.78 Å². The van der Waals surface area contributed by atoms with Gasteiger partial charge in [0.25, 0.3) is 0 Å². The van der Waals surface area contributed by atoms with Gasteiger partial charge in [0.1, 0.15) is 5.75 Å². The lowest BCUT2D eigenvalue weighted by molar-refractivity contribution is 0.0978. The number of hydrogen-bond donors (Lipinski definition) is 0. The first-order chi connectivity index (χ1) is 8.13. The molecule has 0 amide bonds. The number of unbranched alkanes of at least 4 members (excludes halogenated alkanes) is 2. The molecule has 0 radical (unpaired) electrons. The zero-order valence-electron chi connectivity index (χ0n) is 11.0. The minimum absolute atomic E-state index is 0.139. The second-order valence-electron chi connectivity index (χ2n) is 4.57. The predicted octanol–water partition coefficient (Wildman–Crippen LogP) is 4.24. The molecule has 2 nitrogen and oxygen atoms in total. The van der Waals surface area contributed by atoms with Crippen LogP contribution >= 0.6 is 0 Å². The first-order valence-electron chi connectivity index (χ1n) is 6.43. The van der Waals surface area contributed by atoms with E-state index in [4.69, 9.17) is 4.74 Å². The number of ketones is 1. The van der Waals surface area contributed by atoms with E-state index in [0.717, 1.165) is 30.6 Å². The van der Waals surface area contributed by atoms with Crippen molar-refractivity contribution in [1.82, 2.24) is 0 Å². The van der Waals surface area contributed by atoms with E-state index in [1.807, 2.05) is 38.1 Å². The van der Waals surface area contributed by atoms with Crippen molar-refractivity contribution >= 4 is 5.78 Å². The number of Topliss-reactive ketones (excluding diaryl/α,β-unsaturated/α-hetero) is 1. The summed E-state index contributed by atoms with van der Waals surface area (Å²) in [5.41, 5.74) is 0.763. The van der Waals surface area contributed by atoms with Gasteiger partial charge in [-0.3, -0.25) is 4.79 Å². The summed E-state index contributed by atoms with van der Waals surface area (Å²) in [5.74, 6) is 0.994. The summed E-state index contributed by atoms with van der Waals surface area (Å²) < 4.78 is 5.58. The minimum atomic E-state index is 0.139. The van der Waals surface area contributed by atoms with E-state index in [1.54, 1.807) is 0 Å². The van der Waals surface area contributed by atoms with E-state index in [2.05, 4.69) is 6.92 Å². The Labute approximate surface area is 104 Å². The van der Waals surface area contributed by atoms with Gasteiger partial charge in [-0.1, -0.05) is 31.9 Å². The van der Waals surface area contributed by atoms with Crippen molar-refractivity contribution in [3.8, 4) is 5.75 Å². The summed E-state index contributed by atoms with van der Waals surface area (Å²) in [6.07, 6.45) is 4.02. The Morgan fingerprint density at radius 2 is 2.06 bits per heavy atom.